The standard InChI is InChI=1S/C15H21NO3/c1-9(2)12-6-5-10(3)13(7-12)8-16-14(17)11(4)15(18)19/h5-7,9,11H,8H2,1-4H3,(H,16,17)(H,18,19). The summed E-state index contributed by atoms with van der Waals surface area (Å²) in [6.45, 7) is 7.95. The van der Waals surface area contributed by atoms with E-state index < -0.39 is 17.8 Å². The van der Waals surface area contributed by atoms with Gasteiger partial charge in [0.05, 0.1) is 0 Å². The van der Waals surface area contributed by atoms with E-state index in [1.54, 1.807) is 0 Å². The highest BCUT2D eigenvalue weighted by molar-refractivity contribution is 5.96. The molecule has 19 heavy (non-hydrogen) atoms. The Kier molecular flexibility index (Phi) is 5.10. The van der Waals surface area contributed by atoms with Crippen LogP contribution in [-0.4, -0.2) is 17.0 Å². The number of benzene rings is 1. The predicted octanol–water partition coefficient (Wildman–Crippen LogP) is 2.46. The van der Waals surface area contributed by atoms with Crippen LogP contribution in [0.1, 0.15) is 43.4 Å². The van der Waals surface area contributed by atoms with Crippen molar-refractivity contribution in [3.05, 3.63) is 34.9 Å². The molecule has 0 aliphatic carbocycles. The number of aryl methyl sites for hydroxylation is 1. The van der Waals surface area contributed by atoms with E-state index in [0.29, 0.717) is 12.5 Å². The first-order chi connectivity index (χ1) is 8.82. The number of carbonyl (C=O) groups excluding carboxylic acids is 1. The van der Waals surface area contributed by atoms with Crippen molar-refractivity contribution in [2.24, 2.45) is 5.92 Å². The molecule has 0 heterocycles. The fourth-order valence-electron chi connectivity index (χ4n) is 1.69. The van der Waals surface area contributed by atoms with Crippen LogP contribution in [0.5, 0.6) is 0 Å². The van der Waals surface area contributed by atoms with Gasteiger partial charge in [0, 0.05) is 6.54 Å². The van der Waals surface area contributed by atoms with E-state index >= 15 is 0 Å². The third-order valence-electron chi connectivity index (χ3n) is 3.26. The molecule has 4 nitrogen and oxygen atoms in total. The molecule has 2 N–H and O–H groups in total. The van der Waals surface area contributed by atoms with Crippen molar-refractivity contribution in [3.63, 3.8) is 0 Å². The van der Waals surface area contributed by atoms with Gasteiger partial charge in [-0.15, -0.1) is 0 Å². The van der Waals surface area contributed by atoms with Crippen molar-refractivity contribution in [3.8, 4) is 0 Å². The van der Waals surface area contributed by atoms with Crippen molar-refractivity contribution in [2.75, 3.05) is 0 Å². The number of amides is 1. The van der Waals surface area contributed by atoms with Crippen molar-refractivity contribution < 1.29 is 14.7 Å². The van der Waals surface area contributed by atoms with Gasteiger partial charge in [-0.2, -0.15) is 0 Å². The molecule has 0 bridgehead atoms. The van der Waals surface area contributed by atoms with Crippen LogP contribution in [0.2, 0.25) is 0 Å². The van der Waals surface area contributed by atoms with E-state index in [0.717, 1.165) is 11.1 Å². The molecule has 4 heteroatoms. The predicted molar refractivity (Wildman–Crippen MR) is 73.9 cm³/mol. The Hall–Kier alpha value is -1.84. The van der Waals surface area contributed by atoms with Crippen LogP contribution in [0.15, 0.2) is 18.2 Å². The SMILES string of the molecule is Cc1ccc(C(C)C)cc1CNC(=O)C(C)C(=O)O. The van der Waals surface area contributed by atoms with E-state index in [-0.39, 0.29) is 0 Å². The van der Waals surface area contributed by atoms with E-state index in [9.17, 15) is 9.59 Å². The van der Waals surface area contributed by atoms with E-state index in [1.807, 2.05) is 13.0 Å². The first kappa shape index (κ1) is 15.2. The minimum Gasteiger partial charge on any atom is -0.481 e. The lowest BCUT2D eigenvalue weighted by Crippen LogP contribution is -2.33. The van der Waals surface area contributed by atoms with Gasteiger partial charge in [-0.3, -0.25) is 9.59 Å². The van der Waals surface area contributed by atoms with Crippen LogP contribution in [0, 0.1) is 12.8 Å². The lowest BCUT2D eigenvalue weighted by Gasteiger charge is -2.13. The molecular weight excluding hydrogens is 242 g/mol. The van der Waals surface area contributed by atoms with Crippen LogP contribution < -0.4 is 5.32 Å². The maximum Gasteiger partial charge on any atom is 0.315 e. The quantitative estimate of drug-likeness (QED) is 0.802. The van der Waals surface area contributed by atoms with Gasteiger partial charge in [-0.1, -0.05) is 32.0 Å². The van der Waals surface area contributed by atoms with Gasteiger partial charge in [-0.25, -0.2) is 0 Å². The number of nitrogens with one attached hydrogen (secondary N) is 1. The molecule has 1 amide bonds. The summed E-state index contributed by atoms with van der Waals surface area (Å²) >= 11 is 0. The molecule has 0 fully saturated rings. The van der Waals surface area contributed by atoms with E-state index in [4.69, 9.17) is 5.11 Å². The Morgan fingerprint density at radius 1 is 1.26 bits per heavy atom. The first-order valence-corrected chi connectivity index (χ1v) is 6.43. The molecule has 1 unspecified atom stereocenters. The molecule has 1 rings (SSSR count). The van der Waals surface area contributed by atoms with Gasteiger partial charge in [0.1, 0.15) is 5.92 Å². The Morgan fingerprint density at radius 2 is 1.89 bits per heavy atom. The average molecular weight is 263 g/mol. The number of aliphatic carboxylic acids is 1. The van der Waals surface area contributed by atoms with Crippen molar-refractivity contribution in [1.82, 2.24) is 5.32 Å². The van der Waals surface area contributed by atoms with Crippen LogP contribution in [0.3, 0.4) is 0 Å². The Bertz CT molecular complexity index is 480. The van der Waals surface area contributed by atoms with Crippen molar-refractivity contribution in [1.29, 1.82) is 0 Å². The second-order valence-corrected chi connectivity index (χ2v) is 5.12. The summed E-state index contributed by atoms with van der Waals surface area (Å²) in [6.07, 6.45) is 0. The number of rotatable bonds is 5. The number of hydrogen-bond donors (Lipinski definition) is 2. The normalized spacial score (nSPS) is 12.3. The summed E-state index contributed by atoms with van der Waals surface area (Å²) in [4.78, 5) is 22.3. The first-order valence-electron chi connectivity index (χ1n) is 6.43. The Labute approximate surface area is 113 Å². The Morgan fingerprint density at radius 3 is 2.42 bits per heavy atom. The summed E-state index contributed by atoms with van der Waals surface area (Å²) < 4.78 is 0. The van der Waals surface area contributed by atoms with Gasteiger partial charge in [0.25, 0.3) is 0 Å². The fraction of sp³-hybridized carbons (Fsp3) is 0.467. The molecule has 0 aromatic heterocycles. The summed E-state index contributed by atoms with van der Waals surface area (Å²) in [7, 11) is 0. The number of carbonyl (C=O) groups is 2. The summed E-state index contributed by atoms with van der Waals surface area (Å²) in [5, 5.41) is 11.4. The summed E-state index contributed by atoms with van der Waals surface area (Å²) in [5.74, 6) is -2.16. The topological polar surface area (TPSA) is 66.4 Å². The van der Waals surface area contributed by atoms with Gasteiger partial charge < -0.3 is 10.4 Å². The molecule has 104 valence electrons. The number of hydrogen-bond acceptors (Lipinski definition) is 2. The summed E-state index contributed by atoms with van der Waals surface area (Å²) in [5.41, 5.74) is 3.32. The minimum atomic E-state index is -1.11. The molecule has 1 atom stereocenters. The molecule has 0 spiro atoms. The van der Waals surface area contributed by atoms with Crippen molar-refractivity contribution >= 4 is 11.9 Å². The molecule has 0 aliphatic heterocycles. The third-order valence-corrected chi connectivity index (χ3v) is 3.26. The maximum absolute atomic E-state index is 11.6. The lowest BCUT2D eigenvalue weighted by molar-refractivity contribution is -0.146. The highest BCUT2D eigenvalue weighted by Crippen LogP contribution is 2.18. The van der Waals surface area contributed by atoms with Gasteiger partial charge in [0.2, 0.25) is 5.91 Å². The Balaban J connectivity index is 2.75. The number of carboxylic acids is 1. The van der Waals surface area contributed by atoms with Crippen molar-refractivity contribution in [2.45, 2.75) is 40.2 Å². The molecule has 0 radical (unpaired) electrons. The maximum atomic E-state index is 11.6. The molecule has 1 aromatic rings. The fourth-order valence-corrected chi connectivity index (χ4v) is 1.69. The highest BCUT2D eigenvalue weighted by atomic mass is 16.4. The zero-order chi connectivity index (χ0) is 14.6. The smallest absolute Gasteiger partial charge is 0.315 e. The van der Waals surface area contributed by atoms with Gasteiger partial charge in [-0.05, 0) is 36.5 Å². The lowest BCUT2D eigenvalue weighted by atomic mass is 9.98. The van der Waals surface area contributed by atoms with E-state index in [1.165, 1.54) is 12.5 Å². The van der Waals surface area contributed by atoms with Gasteiger partial charge in [0.15, 0.2) is 0 Å². The van der Waals surface area contributed by atoms with E-state index in [2.05, 4.69) is 31.3 Å². The number of carboxylic acid groups (broad SMARTS) is 1. The molecular formula is C15H21NO3. The summed E-state index contributed by atoms with van der Waals surface area (Å²) in [6, 6.07) is 6.16. The van der Waals surface area contributed by atoms with Crippen LogP contribution in [0.25, 0.3) is 0 Å². The minimum absolute atomic E-state index is 0.364. The molecule has 0 aliphatic rings. The second kappa shape index (κ2) is 6.36. The largest absolute Gasteiger partial charge is 0.481 e. The monoisotopic (exact) mass is 263 g/mol. The molecule has 0 saturated carbocycles. The molecule has 1 aromatic carbocycles. The third kappa shape index (κ3) is 4.09. The molecule has 0 saturated heterocycles. The highest BCUT2D eigenvalue weighted by Gasteiger charge is 2.20. The van der Waals surface area contributed by atoms with Crippen LogP contribution in [-0.2, 0) is 16.1 Å². The second-order valence-electron chi connectivity index (χ2n) is 5.12. The zero-order valence-corrected chi connectivity index (χ0v) is 11.9. The average Bonchev–Trinajstić information content (AvgIpc) is 2.35. The zero-order valence-electron chi connectivity index (χ0n) is 11.9. The van der Waals surface area contributed by atoms with Crippen LogP contribution >= 0.6 is 0 Å². The van der Waals surface area contributed by atoms with Gasteiger partial charge >= 0.3 is 5.97 Å². The van der Waals surface area contributed by atoms with Crippen LogP contribution in [0.4, 0.5) is 0 Å².